The van der Waals surface area contributed by atoms with E-state index in [1.807, 2.05) is 48.0 Å². The Morgan fingerprint density at radius 1 is 1.08 bits per heavy atom. The molecule has 0 spiro atoms. The highest BCUT2D eigenvalue weighted by Crippen LogP contribution is 2.43. The van der Waals surface area contributed by atoms with Crippen molar-refractivity contribution in [2.45, 2.75) is 84.0 Å². The molecule has 2 N–H and O–H groups in total. The number of aromatic nitrogens is 3. The van der Waals surface area contributed by atoms with Gasteiger partial charge in [0.15, 0.2) is 5.65 Å². The second-order valence-electron chi connectivity index (χ2n) is 15.3. The number of pyridine rings is 1. The minimum absolute atomic E-state index is 0.0292. The molecular weight excluding hydrogens is 615 g/mol. The molecule has 0 aliphatic carbocycles. The van der Waals surface area contributed by atoms with Crippen LogP contribution in [-0.2, 0) is 26.1 Å². The molecule has 3 atom stereocenters. The van der Waals surface area contributed by atoms with E-state index in [9.17, 15) is 14.0 Å². The van der Waals surface area contributed by atoms with Crippen LogP contribution >= 0.6 is 0 Å². The molecule has 2 amide bonds. The molecule has 12 nitrogen and oxygen atoms in total. The number of benzene rings is 1. The van der Waals surface area contributed by atoms with Crippen molar-refractivity contribution in [3.8, 4) is 0 Å². The highest BCUT2D eigenvalue weighted by molar-refractivity contribution is 5.98. The first-order chi connectivity index (χ1) is 22.6. The van der Waals surface area contributed by atoms with E-state index in [-0.39, 0.29) is 48.4 Å². The van der Waals surface area contributed by atoms with E-state index >= 15 is 0 Å². The molecule has 2 aromatic heterocycles. The molecule has 0 saturated carbocycles. The zero-order valence-corrected chi connectivity index (χ0v) is 29.2. The summed E-state index contributed by atoms with van der Waals surface area (Å²) in [5, 5.41) is 8.61. The minimum atomic E-state index is -0.608. The number of nitrogen functional groups attached to an aromatic ring is 1. The quantitative estimate of drug-likeness (QED) is 0.421. The summed E-state index contributed by atoms with van der Waals surface area (Å²) in [6.45, 7) is 18.4. The van der Waals surface area contributed by atoms with Gasteiger partial charge in [-0.1, -0.05) is 26.0 Å². The van der Waals surface area contributed by atoms with Crippen molar-refractivity contribution in [2.75, 3.05) is 63.1 Å². The molecular formula is C35H49FN8O4. The van der Waals surface area contributed by atoms with E-state index in [2.05, 4.69) is 40.8 Å². The molecule has 6 rings (SSSR count). The fourth-order valence-corrected chi connectivity index (χ4v) is 7.34. The van der Waals surface area contributed by atoms with Crippen LogP contribution in [0.5, 0.6) is 0 Å². The lowest BCUT2D eigenvalue weighted by atomic mass is 9.90. The molecule has 0 radical (unpaired) electrons. The fraction of sp³-hybridized carbons (Fsp3) is 0.600. The number of fused-ring (bicyclic) bond motifs is 3. The van der Waals surface area contributed by atoms with Crippen LogP contribution < -0.4 is 10.6 Å². The predicted octanol–water partition coefficient (Wildman–Crippen LogP) is 3.70. The lowest BCUT2D eigenvalue weighted by molar-refractivity contribution is -0.121. The van der Waals surface area contributed by atoms with Gasteiger partial charge in [0, 0.05) is 68.2 Å². The number of rotatable bonds is 6. The van der Waals surface area contributed by atoms with E-state index in [4.69, 9.17) is 15.2 Å². The van der Waals surface area contributed by atoms with Crippen molar-refractivity contribution in [2.24, 2.45) is 0 Å². The Balaban J connectivity index is 1.30. The predicted molar refractivity (Wildman–Crippen MR) is 182 cm³/mol. The van der Waals surface area contributed by atoms with Crippen molar-refractivity contribution in [1.82, 2.24) is 29.3 Å². The summed E-state index contributed by atoms with van der Waals surface area (Å²) in [6, 6.07) is 8.39. The van der Waals surface area contributed by atoms with Crippen LogP contribution in [0.2, 0.25) is 0 Å². The van der Waals surface area contributed by atoms with Crippen LogP contribution in [0.3, 0.4) is 0 Å². The van der Waals surface area contributed by atoms with Crippen LogP contribution in [0, 0.1) is 5.82 Å². The van der Waals surface area contributed by atoms with Gasteiger partial charge in [-0.05, 0) is 58.4 Å². The molecule has 3 aliphatic heterocycles. The summed E-state index contributed by atoms with van der Waals surface area (Å²) in [5.41, 5.74) is 9.42. The van der Waals surface area contributed by atoms with Gasteiger partial charge in [-0.15, -0.1) is 10.2 Å². The zero-order chi connectivity index (χ0) is 34.5. The van der Waals surface area contributed by atoms with Gasteiger partial charge in [-0.25, -0.2) is 9.18 Å². The lowest BCUT2D eigenvalue weighted by Gasteiger charge is -2.47. The Hall–Kier alpha value is -3.81. The van der Waals surface area contributed by atoms with Crippen LogP contribution in [0.25, 0.3) is 5.65 Å². The average Bonchev–Trinajstić information content (AvgIpc) is 3.51. The Labute approximate surface area is 281 Å². The van der Waals surface area contributed by atoms with E-state index in [1.54, 1.807) is 12.1 Å². The van der Waals surface area contributed by atoms with Gasteiger partial charge in [0.05, 0.1) is 31.1 Å². The normalized spacial score (nSPS) is 23.5. The summed E-state index contributed by atoms with van der Waals surface area (Å²) < 4.78 is 27.0. The maximum Gasteiger partial charge on any atom is 0.410 e. The van der Waals surface area contributed by atoms with Crippen LogP contribution in [-0.4, -0.2) is 118 Å². The van der Waals surface area contributed by atoms with E-state index in [0.29, 0.717) is 51.5 Å². The second-order valence-corrected chi connectivity index (χ2v) is 15.3. The molecule has 48 heavy (non-hydrogen) atoms. The summed E-state index contributed by atoms with van der Waals surface area (Å²) >= 11 is 0. The molecule has 3 aromatic rings. The smallest absolute Gasteiger partial charge is 0.410 e. The molecule has 2 saturated heterocycles. The Morgan fingerprint density at radius 3 is 2.50 bits per heavy atom. The van der Waals surface area contributed by atoms with Crippen LogP contribution in [0.4, 0.5) is 20.8 Å². The maximum absolute atomic E-state index is 14.5. The van der Waals surface area contributed by atoms with Gasteiger partial charge >= 0.3 is 6.09 Å². The standard InChI is InChI=1S/C35H49FN8O4/c1-22-16-41(27(17-40-12-13-47-20-23(40)2)18-42(22)33(46)48-34(3,4)5)19-29(45)43-21-35(6,7)30-28(43)15-25(31-38-39-32(37)44(30)31)14-24-8-10-26(36)11-9-24/h8-11,15,22-23,27H,12-14,16-21H2,1-7H3,(H2,37,39)/t22-,23-,27+/m1/s1. The highest BCUT2D eigenvalue weighted by atomic mass is 19.1. The Bertz CT molecular complexity index is 1670. The molecule has 13 heteroatoms. The number of ether oxygens (including phenoxy) is 2. The number of amides is 2. The highest BCUT2D eigenvalue weighted by Gasteiger charge is 2.44. The van der Waals surface area contributed by atoms with Gasteiger partial charge in [-0.2, -0.15) is 0 Å². The number of carbonyl (C=O) groups is 2. The SMILES string of the molecule is C[C@@H]1COCCN1C[C@H]1CN(C(=O)OC(C)(C)C)[C@H](C)CN1CC(=O)N1CC(C)(C)c2c1cc(Cc1ccc(F)cc1)c1nnc(N)n21. The second kappa shape index (κ2) is 12.9. The third kappa shape index (κ3) is 6.85. The number of hydrogen-bond acceptors (Lipinski definition) is 9. The number of morpholine rings is 1. The molecule has 3 aliphatic rings. The van der Waals surface area contributed by atoms with Crippen molar-refractivity contribution in [3.63, 3.8) is 0 Å². The molecule has 2 fully saturated rings. The van der Waals surface area contributed by atoms with Gasteiger partial charge in [-0.3, -0.25) is 19.0 Å². The van der Waals surface area contributed by atoms with Gasteiger partial charge in [0.2, 0.25) is 11.9 Å². The lowest BCUT2D eigenvalue weighted by Crippen LogP contribution is -2.64. The first-order valence-corrected chi connectivity index (χ1v) is 16.9. The topological polar surface area (TPSA) is 122 Å². The first-order valence-electron chi connectivity index (χ1n) is 16.9. The van der Waals surface area contributed by atoms with Crippen LogP contribution in [0.1, 0.15) is 65.3 Å². The third-order valence-corrected chi connectivity index (χ3v) is 9.72. The van der Waals surface area contributed by atoms with Gasteiger partial charge in [0.1, 0.15) is 11.4 Å². The Kier molecular flexibility index (Phi) is 9.16. The van der Waals surface area contributed by atoms with Crippen molar-refractivity contribution in [1.29, 1.82) is 0 Å². The summed E-state index contributed by atoms with van der Waals surface area (Å²) in [5.74, 6) is -0.0689. The summed E-state index contributed by atoms with van der Waals surface area (Å²) in [4.78, 5) is 36.1. The zero-order valence-electron chi connectivity index (χ0n) is 29.2. The van der Waals surface area contributed by atoms with Crippen molar-refractivity contribution < 1.29 is 23.5 Å². The number of carbonyl (C=O) groups excluding carboxylic acids is 2. The van der Waals surface area contributed by atoms with Crippen LogP contribution in [0.15, 0.2) is 30.3 Å². The monoisotopic (exact) mass is 664 g/mol. The van der Waals surface area contributed by atoms with E-state index in [0.717, 1.165) is 29.1 Å². The average molecular weight is 665 g/mol. The number of nitrogens with two attached hydrogens (primary N) is 1. The Morgan fingerprint density at radius 2 is 1.81 bits per heavy atom. The molecule has 0 bridgehead atoms. The summed E-state index contributed by atoms with van der Waals surface area (Å²) in [7, 11) is 0. The molecule has 260 valence electrons. The number of nitrogens with zero attached hydrogens (tertiary/aromatic N) is 7. The van der Waals surface area contributed by atoms with Gasteiger partial charge in [0.25, 0.3) is 0 Å². The van der Waals surface area contributed by atoms with Crippen molar-refractivity contribution in [3.05, 3.63) is 53.0 Å². The number of hydrogen-bond donors (Lipinski definition) is 1. The largest absolute Gasteiger partial charge is 0.444 e. The van der Waals surface area contributed by atoms with Gasteiger partial charge < -0.3 is 25.0 Å². The number of piperazine rings is 1. The summed E-state index contributed by atoms with van der Waals surface area (Å²) in [6.07, 6.45) is 0.141. The maximum atomic E-state index is 14.5. The van der Waals surface area contributed by atoms with Crippen molar-refractivity contribution >= 4 is 29.3 Å². The van der Waals surface area contributed by atoms with E-state index in [1.165, 1.54) is 12.1 Å². The number of halogens is 1. The molecule has 5 heterocycles. The number of anilines is 2. The molecule has 1 aromatic carbocycles. The first kappa shape index (κ1) is 34.1. The minimum Gasteiger partial charge on any atom is -0.444 e. The molecule has 0 unspecified atom stereocenters. The van der Waals surface area contributed by atoms with E-state index < -0.39 is 11.0 Å². The third-order valence-electron chi connectivity index (χ3n) is 9.72. The fourth-order valence-electron chi connectivity index (χ4n) is 7.34.